The highest BCUT2D eigenvalue weighted by Crippen LogP contribution is 2.30. The lowest BCUT2D eigenvalue weighted by molar-refractivity contribution is -0.192. The van der Waals surface area contributed by atoms with E-state index < -0.39 is 22.2 Å². The molecule has 0 saturated heterocycles. The summed E-state index contributed by atoms with van der Waals surface area (Å²) >= 11 is 1.20. The molecule has 0 saturated carbocycles. The van der Waals surface area contributed by atoms with Gasteiger partial charge in [0.05, 0.1) is 5.52 Å². The van der Waals surface area contributed by atoms with E-state index in [9.17, 15) is 21.6 Å². The number of carboxylic acid groups (broad SMARTS) is 1. The second kappa shape index (κ2) is 8.63. The first-order valence-electron chi connectivity index (χ1n) is 7.61. The molecule has 0 spiro atoms. The first kappa shape index (κ1) is 21.7. The minimum absolute atomic E-state index is 0.313. The van der Waals surface area contributed by atoms with E-state index in [2.05, 4.69) is 0 Å². The number of carboxylic acids is 1. The fourth-order valence-corrected chi connectivity index (χ4v) is 4.55. The molecule has 1 aromatic carbocycles. The second-order valence-corrected chi connectivity index (χ2v) is 8.17. The van der Waals surface area contributed by atoms with Gasteiger partial charge in [0.15, 0.2) is 0 Å². The van der Waals surface area contributed by atoms with Crippen molar-refractivity contribution in [2.45, 2.75) is 10.4 Å². The first-order chi connectivity index (χ1) is 13.1. The van der Waals surface area contributed by atoms with E-state index in [-0.39, 0.29) is 0 Å². The van der Waals surface area contributed by atoms with Gasteiger partial charge in [-0.05, 0) is 29.6 Å². The molecule has 0 radical (unpaired) electrons. The maximum Gasteiger partial charge on any atom is 0.490 e. The lowest BCUT2D eigenvalue weighted by atomic mass is 10.2. The fraction of sp³-hybridized carbons (Fsp3) is 0.188. The zero-order valence-electron chi connectivity index (χ0n) is 14.1. The summed E-state index contributed by atoms with van der Waals surface area (Å²) in [5, 5.41) is 9.63. The third kappa shape index (κ3) is 4.82. The highest BCUT2D eigenvalue weighted by atomic mass is 32.2. The number of fused-ring (bicyclic) bond motifs is 1. The van der Waals surface area contributed by atoms with Crippen molar-refractivity contribution in [1.82, 2.24) is 3.97 Å². The van der Waals surface area contributed by atoms with Crippen LogP contribution in [0, 0.1) is 0 Å². The largest absolute Gasteiger partial charge is 0.492 e. The number of nitrogens with two attached hydrogens (primary N) is 1. The first-order valence-corrected chi connectivity index (χ1v) is 9.93. The summed E-state index contributed by atoms with van der Waals surface area (Å²) in [5.74, 6) is -2.12. The summed E-state index contributed by atoms with van der Waals surface area (Å²) in [6.45, 7) is 0.798. The lowest BCUT2D eigenvalue weighted by Gasteiger charge is -2.08. The molecular weight excluding hydrogens is 421 g/mol. The SMILES string of the molecule is NCCOc1cccc2c1ccn2S(=O)(=O)c1cccs1.O=C(O)C(F)(F)F. The molecular formula is C16H15F3N2O5S2. The maximum absolute atomic E-state index is 12.6. The molecule has 3 aromatic rings. The van der Waals surface area contributed by atoms with Crippen LogP contribution in [-0.4, -0.2) is 42.8 Å². The molecule has 0 fully saturated rings. The number of aliphatic carboxylic acids is 1. The van der Waals surface area contributed by atoms with Crippen molar-refractivity contribution in [3.8, 4) is 5.75 Å². The van der Waals surface area contributed by atoms with E-state index in [4.69, 9.17) is 20.4 Å². The highest BCUT2D eigenvalue weighted by molar-refractivity contribution is 7.92. The number of hydrogen-bond donors (Lipinski definition) is 2. The van der Waals surface area contributed by atoms with Crippen molar-refractivity contribution in [1.29, 1.82) is 0 Å². The zero-order chi connectivity index (χ0) is 20.9. The van der Waals surface area contributed by atoms with Gasteiger partial charge in [-0.3, -0.25) is 0 Å². The summed E-state index contributed by atoms with van der Waals surface area (Å²) in [7, 11) is -3.56. The van der Waals surface area contributed by atoms with Crippen LogP contribution < -0.4 is 10.5 Å². The van der Waals surface area contributed by atoms with Gasteiger partial charge in [0.2, 0.25) is 0 Å². The van der Waals surface area contributed by atoms with Gasteiger partial charge >= 0.3 is 12.1 Å². The van der Waals surface area contributed by atoms with Crippen molar-refractivity contribution in [2.75, 3.05) is 13.2 Å². The van der Waals surface area contributed by atoms with Crippen LogP contribution >= 0.6 is 11.3 Å². The topological polar surface area (TPSA) is 112 Å². The molecule has 3 rings (SSSR count). The molecule has 28 heavy (non-hydrogen) atoms. The van der Waals surface area contributed by atoms with Gasteiger partial charge in [-0.15, -0.1) is 11.3 Å². The number of hydrogen-bond acceptors (Lipinski definition) is 6. The minimum Gasteiger partial charge on any atom is -0.492 e. The quantitative estimate of drug-likeness (QED) is 0.636. The van der Waals surface area contributed by atoms with Gasteiger partial charge < -0.3 is 15.6 Å². The standard InChI is InChI=1S/C14H14N2O3S2.C2HF3O2/c15-7-9-19-13-4-1-3-12-11(13)6-8-16(12)21(17,18)14-5-2-10-20-14;3-2(4,5)1(6)7/h1-6,8,10H,7,9,15H2;(H,6,7). The Morgan fingerprint density at radius 2 is 1.89 bits per heavy atom. The maximum atomic E-state index is 12.6. The van der Waals surface area contributed by atoms with E-state index >= 15 is 0 Å². The number of nitrogens with zero attached hydrogens (tertiary/aromatic N) is 1. The number of thiophene rings is 1. The molecule has 0 bridgehead atoms. The Labute approximate surface area is 161 Å². The van der Waals surface area contributed by atoms with Gasteiger partial charge in [-0.1, -0.05) is 12.1 Å². The predicted octanol–water partition coefficient (Wildman–Crippen LogP) is 2.91. The molecule has 7 nitrogen and oxygen atoms in total. The van der Waals surface area contributed by atoms with E-state index in [1.165, 1.54) is 15.3 Å². The van der Waals surface area contributed by atoms with Crippen molar-refractivity contribution in [3.63, 3.8) is 0 Å². The van der Waals surface area contributed by atoms with Crippen LogP contribution in [0.4, 0.5) is 13.2 Å². The Bertz CT molecular complexity index is 1040. The molecule has 12 heteroatoms. The van der Waals surface area contributed by atoms with E-state index in [0.29, 0.717) is 28.6 Å². The summed E-state index contributed by atoms with van der Waals surface area (Å²) in [5.41, 5.74) is 6.03. The van der Waals surface area contributed by atoms with Crippen LogP contribution in [0.2, 0.25) is 0 Å². The molecule has 0 amide bonds. The Morgan fingerprint density at radius 3 is 2.43 bits per heavy atom. The van der Waals surface area contributed by atoms with Crippen LogP contribution in [0.5, 0.6) is 5.75 Å². The van der Waals surface area contributed by atoms with Gasteiger partial charge in [-0.25, -0.2) is 8.77 Å². The molecule has 0 aliphatic rings. The van der Waals surface area contributed by atoms with Crippen LogP contribution in [0.3, 0.4) is 0 Å². The Kier molecular flexibility index (Phi) is 6.69. The third-order valence-corrected chi connectivity index (χ3v) is 6.35. The molecule has 2 aromatic heterocycles. The number of carbonyl (C=O) groups is 1. The Balaban J connectivity index is 0.000000345. The van der Waals surface area contributed by atoms with Crippen molar-refractivity contribution in [2.24, 2.45) is 5.73 Å². The third-order valence-electron chi connectivity index (χ3n) is 3.28. The number of alkyl halides is 3. The van der Waals surface area contributed by atoms with Gasteiger partial charge in [-0.2, -0.15) is 21.6 Å². The van der Waals surface area contributed by atoms with Gasteiger partial charge in [0.25, 0.3) is 10.0 Å². The van der Waals surface area contributed by atoms with Crippen LogP contribution in [0.1, 0.15) is 0 Å². The normalized spacial score (nSPS) is 11.7. The van der Waals surface area contributed by atoms with Crippen molar-refractivity contribution < 1.29 is 36.2 Å². The molecule has 152 valence electrons. The number of halogens is 3. The van der Waals surface area contributed by atoms with Gasteiger partial charge in [0.1, 0.15) is 16.6 Å². The van der Waals surface area contributed by atoms with Crippen LogP contribution in [0.15, 0.2) is 52.2 Å². The average Bonchev–Trinajstić information content (AvgIpc) is 3.29. The summed E-state index contributed by atoms with van der Waals surface area (Å²) in [6, 6.07) is 10.4. The highest BCUT2D eigenvalue weighted by Gasteiger charge is 2.38. The molecule has 0 aliphatic heterocycles. The monoisotopic (exact) mass is 436 g/mol. The van der Waals surface area contributed by atoms with E-state index in [0.717, 1.165) is 5.39 Å². The molecule has 3 N–H and O–H groups in total. The van der Waals surface area contributed by atoms with Crippen molar-refractivity contribution in [3.05, 3.63) is 48.0 Å². The second-order valence-electron chi connectivity index (χ2n) is 5.18. The molecule has 0 unspecified atom stereocenters. The summed E-state index contributed by atoms with van der Waals surface area (Å²) < 4.78 is 64.1. The molecule has 2 heterocycles. The number of ether oxygens (including phenoxy) is 1. The van der Waals surface area contributed by atoms with E-state index in [1.54, 1.807) is 48.0 Å². The summed E-state index contributed by atoms with van der Waals surface area (Å²) in [6.07, 6.45) is -3.53. The molecule has 0 atom stereocenters. The van der Waals surface area contributed by atoms with Gasteiger partial charge in [0, 0.05) is 18.1 Å². The number of aromatic nitrogens is 1. The Morgan fingerprint density at radius 1 is 1.21 bits per heavy atom. The minimum atomic E-state index is -5.08. The summed E-state index contributed by atoms with van der Waals surface area (Å²) in [4.78, 5) is 8.90. The fourth-order valence-electron chi connectivity index (χ4n) is 2.13. The number of rotatable bonds is 5. The smallest absolute Gasteiger partial charge is 0.490 e. The number of benzene rings is 1. The lowest BCUT2D eigenvalue weighted by Crippen LogP contribution is -2.21. The van der Waals surface area contributed by atoms with Crippen LogP contribution in [-0.2, 0) is 14.8 Å². The average molecular weight is 436 g/mol. The van der Waals surface area contributed by atoms with E-state index in [1.807, 2.05) is 0 Å². The Hall–Kier alpha value is -2.57. The zero-order valence-corrected chi connectivity index (χ0v) is 15.7. The van der Waals surface area contributed by atoms with Crippen molar-refractivity contribution >= 4 is 38.2 Å². The predicted molar refractivity (Wildman–Crippen MR) is 97.1 cm³/mol. The van der Waals surface area contributed by atoms with Crippen LogP contribution in [0.25, 0.3) is 10.9 Å². The molecule has 0 aliphatic carbocycles.